The third-order valence-electron chi connectivity index (χ3n) is 4.72. The zero-order valence-electron chi connectivity index (χ0n) is 16.2. The molecule has 170 valence electrons. The van der Waals surface area contributed by atoms with E-state index in [1.807, 2.05) is 0 Å². The predicted octanol–water partition coefficient (Wildman–Crippen LogP) is 4.76. The van der Waals surface area contributed by atoms with Crippen LogP contribution in [0.15, 0.2) is 30.3 Å². The number of ether oxygens (including phenoxy) is 1. The number of anilines is 1. The van der Waals surface area contributed by atoms with Gasteiger partial charge < -0.3 is 4.74 Å². The van der Waals surface area contributed by atoms with Crippen LogP contribution in [-0.4, -0.2) is 47.4 Å². The number of hydrogen-bond acceptors (Lipinski definition) is 3. The van der Waals surface area contributed by atoms with Crippen LogP contribution in [0.5, 0.6) is 0 Å². The molecular weight excluding hydrogens is 435 g/mol. The van der Waals surface area contributed by atoms with Crippen LogP contribution in [0.2, 0.25) is 0 Å². The number of carbonyl (C=O) groups excluding carboxylic acids is 1. The minimum absolute atomic E-state index is 0.00527. The Balaban J connectivity index is 1.77. The van der Waals surface area contributed by atoms with Crippen molar-refractivity contribution in [3.8, 4) is 0 Å². The maximum atomic E-state index is 13.3. The molecule has 3 rings (SSSR count). The normalized spacial score (nSPS) is 17.2. The van der Waals surface area contributed by atoms with Crippen LogP contribution >= 0.6 is 0 Å². The molecule has 0 unspecified atom stereocenters. The molecule has 1 aromatic heterocycles. The summed E-state index contributed by atoms with van der Waals surface area (Å²) in [7, 11) is 0. The van der Waals surface area contributed by atoms with Gasteiger partial charge in [-0.3, -0.25) is 9.69 Å². The van der Waals surface area contributed by atoms with Crippen LogP contribution in [0, 0.1) is 6.92 Å². The fourth-order valence-corrected chi connectivity index (χ4v) is 3.25. The molecule has 2 aromatic rings. The molecule has 0 N–H and O–H groups in total. The molecule has 12 heteroatoms. The molecule has 0 saturated heterocycles. The summed E-state index contributed by atoms with van der Waals surface area (Å²) in [6, 6.07) is 5.12. The average molecular weight is 453 g/mol. The Hall–Kier alpha value is -2.63. The summed E-state index contributed by atoms with van der Waals surface area (Å²) in [5.41, 5.74) is 0.662. The molecule has 1 aromatic carbocycles. The Morgan fingerprint density at radius 3 is 2.58 bits per heavy atom. The van der Waals surface area contributed by atoms with E-state index in [2.05, 4.69) is 9.84 Å². The van der Waals surface area contributed by atoms with Gasteiger partial charge in [-0.2, -0.15) is 27.1 Å². The molecule has 0 spiro atoms. The first-order valence-electron chi connectivity index (χ1n) is 9.17. The second kappa shape index (κ2) is 8.48. The van der Waals surface area contributed by atoms with Crippen molar-refractivity contribution in [2.24, 2.45) is 0 Å². The molecule has 1 aliphatic rings. The monoisotopic (exact) mass is 453 g/mol. The number of amides is 1. The van der Waals surface area contributed by atoms with E-state index < -0.39 is 43.7 Å². The first kappa shape index (κ1) is 23.0. The van der Waals surface area contributed by atoms with E-state index in [4.69, 9.17) is 0 Å². The highest BCUT2D eigenvalue weighted by Crippen LogP contribution is 2.39. The molecular formula is C19H18F7N3O2. The Morgan fingerprint density at radius 1 is 1.23 bits per heavy atom. The van der Waals surface area contributed by atoms with E-state index in [0.717, 1.165) is 9.58 Å². The van der Waals surface area contributed by atoms with Gasteiger partial charge in [-0.1, -0.05) is 12.1 Å². The lowest BCUT2D eigenvalue weighted by atomic mass is 10.1. The van der Waals surface area contributed by atoms with Gasteiger partial charge in [0.05, 0.1) is 12.3 Å². The molecule has 0 aliphatic carbocycles. The molecule has 5 nitrogen and oxygen atoms in total. The Labute approximate surface area is 172 Å². The van der Waals surface area contributed by atoms with Gasteiger partial charge in [0.2, 0.25) is 0 Å². The van der Waals surface area contributed by atoms with Crippen molar-refractivity contribution < 1.29 is 40.3 Å². The van der Waals surface area contributed by atoms with Gasteiger partial charge in [0.1, 0.15) is 12.4 Å². The lowest BCUT2D eigenvalue weighted by molar-refractivity contribution is -0.172. The summed E-state index contributed by atoms with van der Waals surface area (Å²) in [5.74, 6) is -4.91. The van der Waals surface area contributed by atoms with Crippen LogP contribution in [0.4, 0.5) is 36.6 Å². The van der Waals surface area contributed by atoms with E-state index in [9.17, 15) is 35.5 Å². The van der Waals surface area contributed by atoms with Crippen LogP contribution in [0.25, 0.3) is 0 Å². The van der Waals surface area contributed by atoms with E-state index in [1.54, 1.807) is 0 Å². The smallest absolute Gasteiger partial charge is 0.370 e. The largest absolute Gasteiger partial charge is 0.410 e. The van der Waals surface area contributed by atoms with Crippen molar-refractivity contribution in [2.75, 3.05) is 18.1 Å². The predicted molar refractivity (Wildman–Crippen MR) is 95.4 cm³/mol. The van der Waals surface area contributed by atoms with Crippen molar-refractivity contribution in [3.63, 3.8) is 0 Å². The van der Waals surface area contributed by atoms with Crippen LogP contribution in [-0.2, 0) is 11.3 Å². The summed E-state index contributed by atoms with van der Waals surface area (Å²) in [5, 5.41) is 3.87. The van der Waals surface area contributed by atoms with E-state index in [-0.39, 0.29) is 29.9 Å². The van der Waals surface area contributed by atoms with Crippen molar-refractivity contribution in [1.29, 1.82) is 0 Å². The molecule has 1 amide bonds. The minimum atomic E-state index is -4.53. The van der Waals surface area contributed by atoms with E-state index in [1.165, 1.54) is 37.3 Å². The highest BCUT2D eigenvalue weighted by atomic mass is 19.4. The minimum Gasteiger partial charge on any atom is -0.370 e. The zero-order chi connectivity index (χ0) is 23.0. The molecule has 0 saturated carbocycles. The Kier molecular flexibility index (Phi) is 6.30. The summed E-state index contributed by atoms with van der Waals surface area (Å²) < 4.78 is 95.6. The summed E-state index contributed by atoms with van der Waals surface area (Å²) in [4.78, 5) is 14.1. The standard InChI is InChI=1S/C19H18F7N3O2/c1-11-7-15-28(6-5-14(19(24,25)26)29(15)27-11)16(30)13-4-2-3-12(8-13)9-31-10-18(22,23)17(20)21/h2-4,7-8,14,17H,5-6,9-10H2,1H3/t14-/m0/s1. The highest BCUT2D eigenvalue weighted by molar-refractivity contribution is 6.06. The molecule has 0 radical (unpaired) electrons. The Morgan fingerprint density at radius 2 is 1.94 bits per heavy atom. The number of hydrogen-bond donors (Lipinski definition) is 0. The number of benzene rings is 1. The fraction of sp³-hybridized carbons (Fsp3) is 0.474. The van der Waals surface area contributed by atoms with E-state index in [0.29, 0.717) is 5.69 Å². The third kappa shape index (κ3) is 5.00. The van der Waals surface area contributed by atoms with E-state index >= 15 is 0 Å². The maximum Gasteiger partial charge on any atom is 0.410 e. The molecule has 2 heterocycles. The van der Waals surface area contributed by atoms with Gasteiger partial charge in [-0.25, -0.2) is 13.5 Å². The number of halogens is 7. The van der Waals surface area contributed by atoms with Crippen LogP contribution < -0.4 is 4.90 Å². The van der Waals surface area contributed by atoms with Crippen molar-refractivity contribution in [3.05, 3.63) is 47.2 Å². The number of carbonyl (C=O) groups is 1. The summed E-state index contributed by atoms with van der Waals surface area (Å²) in [6.07, 6.45) is -8.78. The molecule has 1 atom stereocenters. The number of aryl methyl sites for hydroxylation is 1. The zero-order valence-corrected chi connectivity index (χ0v) is 16.2. The summed E-state index contributed by atoms with van der Waals surface area (Å²) in [6.45, 7) is -0.632. The van der Waals surface area contributed by atoms with Gasteiger partial charge in [-0.15, -0.1) is 0 Å². The molecule has 0 bridgehead atoms. The van der Waals surface area contributed by atoms with Crippen LogP contribution in [0.3, 0.4) is 0 Å². The second-order valence-electron chi connectivity index (χ2n) is 7.15. The molecule has 1 aliphatic heterocycles. The lowest BCUT2D eigenvalue weighted by Crippen LogP contribution is -2.43. The van der Waals surface area contributed by atoms with Crippen molar-refractivity contribution in [2.45, 2.75) is 44.5 Å². The molecule has 0 fully saturated rings. The highest BCUT2D eigenvalue weighted by Gasteiger charge is 2.46. The van der Waals surface area contributed by atoms with Gasteiger partial charge in [0.15, 0.2) is 6.04 Å². The SMILES string of the molecule is Cc1cc2n(n1)[C@H](C(F)(F)F)CCN2C(=O)c1cccc(COCC(F)(F)C(F)F)c1. The first-order chi connectivity index (χ1) is 14.4. The quantitative estimate of drug-likeness (QED) is 0.593. The molecule has 31 heavy (non-hydrogen) atoms. The number of fused-ring (bicyclic) bond motifs is 1. The Bertz CT molecular complexity index is 943. The fourth-order valence-electron chi connectivity index (χ4n) is 3.25. The third-order valence-corrected chi connectivity index (χ3v) is 4.72. The summed E-state index contributed by atoms with van der Waals surface area (Å²) >= 11 is 0. The first-order valence-corrected chi connectivity index (χ1v) is 9.17. The van der Waals surface area contributed by atoms with Gasteiger partial charge in [0.25, 0.3) is 5.91 Å². The average Bonchev–Trinajstić information content (AvgIpc) is 3.06. The number of alkyl halides is 7. The van der Waals surface area contributed by atoms with Crippen LogP contribution in [0.1, 0.15) is 34.1 Å². The van der Waals surface area contributed by atoms with Crippen molar-refractivity contribution >= 4 is 11.7 Å². The number of nitrogens with zero attached hydrogens (tertiary/aromatic N) is 3. The van der Waals surface area contributed by atoms with Crippen molar-refractivity contribution in [1.82, 2.24) is 9.78 Å². The lowest BCUT2D eigenvalue weighted by Gasteiger charge is -2.33. The number of rotatable bonds is 6. The van der Waals surface area contributed by atoms with Gasteiger partial charge in [0, 0.05) is 18.2 Å². The topological polar surface area (TPSA) is 47.4 Å². The maximum absolute atomic E-state index is 13.3. The van der Waals surface area contributed by atoms with Gasteiger partial charge >= 0.3 is 18.5 Å². The van der Waals surface area contributed by atoms with Gasteiger partial charge in [-0.05, 0) is 31.0 Å². The second-order valence-corrected chi connectivity index (χ2v) is 7.15. The number of aromatic nitrogens is 2.